The minimum Gasteiger partial charge on any atom is -0.491 e. The summed E-state index contributed by atoms with van der Waals surface area (Å²) >= 11 is 4.18. The van der Waals surface area contributed by atoms with Crippen LogP contribution in [0.5, 0.6) is 5.75 Å². The number of benzene rings is 1. The van der Waals surface area contributed by atoms with E-state index in [9.17, 15) is 0 Å². The van der Waals surface area contributed by atoms with Crippen molar-refractivity contribution >= 4 is 23.5 Å². The summed E-state index contributed by atoms with van der Waals surface area (Å²) in [4.78, 5) is 0. The molecule has 1 aliphatic heterocycles. The van der Waals surface area contributed by atoms with Crippen LogP contribution in [0.4, 0.5) is 0 Å². The molecule has 0 aromatic heterocycles. The van der Waals surface area contributed by atoms with Crippen LogP contribution in [0, 0.1) is 0 Å². The summed E-state index contributed by atoms with van der Waals surface area (Å²) in [5.74, 6) is 4.77. The molecule has 0 amide bonds. The van der Waals surface area contributed by atoms with Crippen LogP contribution >= 0.6 is 23.5 Å². The molecule has 1 heterocycles. The van der Waals surface area contributed by atoms with Crippen LogP contribution in [-0.4, -0.2) is 35.2 Å². The molecule has 0 spiro atoms. The molecule has 4 heteroatoms. The van der Waals surface area contributed by atoms with Gasteiger partial charge in [-0.25, -0.2) is 0 Å². The zero-order chi connectivity index (χ0) is 14.4. The van der Waals surface area contributed by atoms with Gasteiger partial charge in [-0.05, 0) is 38.1 Å². The van der Waals surface area contributed by atoms with Gasteiger partial charge >= 0.3 is 0 Å². The van der Waals surface area contributed by atoms with E-state index in [1.165, 1.54) is 22.8 Å². The Morgan fingerprint density at radius 1 is 1.25 bits per heavy atom. The number of nitrogens with one attached hydrogen (secondary N) is 1. The average Bonchev–Trinajstić information content (AvgIpc) is 2.46. The molecule has 2 atom stereocenters. The van der Waals surface area contributed by atoms with Gasteiger partial charge in [0.25, 0.3) is 0 Å². The Kier molecular flexibility index (Phi) is 6.59. The zero-order valence-corrected chi connectivity index (χ0v) is 14.2. The summed E-state index contributed by atoms with van der Waals surface area (Å²) in [5.41, 5.74) is 1.38. The van der Waals surface area contributed by atoms with Crippen molar-refractivity contribution < 1.29 is 4.74 Å². The normalized spacial score (nSPS) is 20.9. The molecule has 0 saturated carbocycles. The van der Waals surface area contributed by atoms with Gasteiger partial charge in [0.05, 0.1) is 6.10 Å². The summed E-state index contributed by atoms with van der Waals surface area (Å²) in [6, 6.07) is 9.07. The molecule has 2 nitrogen and oxygen atoms in total. The third-order valence-corrected chi connectivity index (χ3v) is 6.11. The Morgan fingerprint density at radius 2 is 2.00 bits per heavy atom. The highest BCUT2D eigenvalue weighted by Crippen LogP contribution is 2.34. The molecule has 1 aliphatic rings. The van der Waals surface area contributed by atoms with Gasteiger partial charge in [0.1, 0.15) is 5.75 Å². The minimum absolute atomic E-state index is 0.232. The molecule has 0 radical (unpaired) electrons. The molecule has 112 valence electrons. The molecule has 0 bridgehead atoms. The van der Waals surface area contributed by atoms with Gasteiger partial charge in [-0.1, -0.05) is 19.1 Å². The maximum absolute atomic E-state index is 5.72. The van der Waals surface area contributed by atoms with Crippen LogP contribution in [0.1, 0.15) is 32.4 Å². The van der Waals surface area contributed by atoms with Crippen molar-refractivity contribution in [2.24, 2.45) is 0 Å². The fraction of sp³-hybridized carbons (Fsp3) is 0.625. The highest BCUT2D eigenvalue weighted by atomic mass is 32.2. The second kappa shape index (κ2) is 8.20. The fourth-order valence-electron chi connectivity index (χ4n) is 2.41. The molecule has 2 unspecified atom stereocenters. The van der Waals surface area contributed by atoms with Crippen molar-refractivity contribution in [3.05, 3.63) is 29.8 Å². The molecule has 1 aromatic carbocycles. The number of hydrogen-bond acceptors (Lipinski definition) is 4. The summed E-state index contributed by atoms with van der Waals surface area (Å²) < 4.78 is 5.72. The topological polar surface area (TPSA) is 21.3 Å². The van der Waals surface area contributed by atoms with Gasteiger partial charge in [-0.15, -0.1) is 0 Å². The second-order valence-corrected chi connectivity index (χ2v) is 7.75. The summed E-state index contributed by atoms with van der Waals surface area (Å²) in [6.07, 6.45) is 0.232. The van der Waals surface area contributed by atoms with E-state index < -0.39 is 0 Å². The van der Waals surface area contributed by atoms with Crippen molar-refractivity contribution in [3.63, 3.8) is 0 Å². The Bertz CT molecular complexity index is 388. The average molecular weight is 312 g/mol. The predicted molar refractivity (Wildman–Crippen MR) is 92.2 cm³/mol. The minimum atomic E-state index is 0.232. The maximum atomic E-state index is 5.72. The molecule has 2 rings (SSSR count). The van der Waals surface area contributed by atoms with Crippen LogP contribution in [0.2, 0.25) is 0 Å². The number of ether oxygens (including phenoxy) is 1. The Labute approximate surface area is 131 Å². The summed E-state index contributed by atoms with van der Waals surface area (Å²) in [6.45, 7) is 7.32. The maximum Gasteiger partial charge on any atom is 0.119 e. The van der Waals surface area contributed by atoms with E-state index in [0.717, 1.165) is 12.3 Å². The van der Waals surface area contributed by atoms with Crippen LogP contribution in [0.15, 0.2) is 24.3 Å². The lowest BCUT2D eigenvalue weighted by molar-refractivity contribution is 0.242. The van der Waals surface area contributed by atoms with E-state index in [4.69, 9.17) is 4.74 Å². The van der Waals surface area contributed by atoms with Crippen molar-refractivity contribution in [3.8, 4) is 5.75 Å². The largest absolute Gasteiger partial charge is 0.491 e. The van der Waals surface area contributed by atoms with Gasteiger partial charge in [0.2, 0.25) is 0 Å². The van der Waals surface area contributed by atoms with E-state index in [1.807, 2.05) is 0 Å². The van der Waals surface area contributed by atoms with Crippen molar-refractivity contribution in [2.45, 2.75) is 38.2 Å². The Morgan fingerprint density at radius 3 is 2.55 bits per heavy atom. The zero-order valence-electron chi connectivity index (χ0n) is 12.6. The van der Waals surface area contributed by atoms with Crippen LogP contribution in [-0.2, 0) is 0 Å². The van der Waals surface area contributed by atoms with Crippen LogP contribution in [0.3, 0.4) is 0 Å². The molecule has 1 N–H and O–H groups in total. The molecule has 20 heavy (non-hydrogen) atoms. The third kappa shape index (κ3) is 4.61. The first-order valence-electron chi connectivity index (χ1n) is 7.40. The second-order valence-electron chi connectivity index (χ2n) is 5.26. The number of thioether (sulfide) groups is 2. The van der Waals surface area contributed by atoms with Gasteiger partial charge in [0, 0.05) is 28.6 Å². The van der Waals surface area contributed by atoms with Gasteiger partial charge in [0.15, 0.2) is 0 Å². The fourth-order valence-corrected chi connectivity index (χ4v) is 5.28. The first-order chi connectivity index (χ1) is 9.70. The van der Waals surface area contributed by atoms with Crippen LogP contribution in [0.25, 0.3) is 0 Å². The van der Waals surface area contributed by atoms with Gasteiger partial charge < -0.3 is 10.1 Å². The summed E-state index contributed by atoms with van der Waals surface area (Å²) in [5, 5.41) is 4.33. The third-order valence-electron chi connectivity index (χ3n) is 3.25. The van der Waals surface area contributed by atoms with Crippen molar-refractivity contribution in [2.75, 3.05) is 23.8 Å². The molecular weight excluding hydrogens is 286 g/mol. The predicted octanol–water partition coefficient (Wildman–Crippen LogP) is 3.97. The van der Waals surface area contributed by atoms with E-state index in [2.05, 4.69) is 73.9 Å². The van der Waals surface area contributed by atoms with Crippen LogP contribution < -0.4 is 10.1 Å². The van der Waals surface area contributed by atoms with Crippen molar-refractivity contribution in [1.82, 2.24) is 5.32 Å². The Hall–Kier alpha value is -0.320. The number of hydrogen-bond donors (Lipinski definition) is 1. The smallest absolute Gasteiger partial charge is 0.119 e. The van der Waals surface area contributed by atoms with Crippen molar-refractivity contribution in [1.29, 1.82) is 0 Å². The summed E-state index contributed by atoms with van der Waals surface area (Å²) in [7, 11) is 0. The molecule has 1 aromatic rings. The first kappa shape index (κ1) is 16.1. The molecule has 1 saturated heterocycles. The monoisotopic (exact) mass is 311 g/mol. The van der Waals surface area contributed by atoms with E-state index in [0.29, 0.717) is 11.3 Å². The molecule has 0 aliphatic carbocycles. The van der Waals surface area contributed by atoms with E-state index >= 15 is 0 Å². The highest BCUT2D eigenvalue weighted by molar-refractivity contribution is 8.06. The SMILES string of the molecule is CCNC(c1ccc(OC(C)C)cc1)C1CSCCS1. The molecule has 1 fully saturated rings. The van der Waals surface area contributed by atoms with E-state index in [-0.39, 0.29) is 6.10 Å². The molecular formula is C16H25NOS2. The van der Waals surface area contributed by atoms with Gasteiger partial charge in [-0.3, -0.25) is 0 Å². The number of rotatable bonds is 6. The quantitative estimate of drug-likeness (QED) is 0.857. The van der Waals surface area contributed by atoms with E-state index in [1.54, 1.807) is 0 Å². The lowest BCUT2D eigenvalue weighted by Crippen LogP contribution is -2.33. The van der Waals surface area contributed by atoms with Gasteiger partial charge in [-0.2, -0.15) is 23.5 Å². The Balaban J connectivity index is 2.07. The highest BCUT2D eigenvalue weighted by Gasteiger charge is 2.25. The lowest BCUT2D eigenvalue weighted by atomic mass is 10.0. The first-order valence-corrected chi connectivity index (χ1v) is 9.60. The lowest BCUT2D eigenvalue weighted by Gasteiger charge is -2.30. The standard InChI is InChI=1S/C16H25NOS2/c1-4-17-16(15-11-19-9-10-20-15)13-5-7-14(8-6-13)18-12(2)3/h5-8,12,15-17H,4,9-11H2,1-3H3.